The number of carbonyl (C=O) groups excluding carboxylic acids is 2. The number of rotatable bonds is 6. The maximum Gasteiger partial charge on any atom is 0.251 e. The Balaban J connectivity index is 1.50. The minimum absolute atomic E-state index is 0.0215. The Labute approximate surface area is 153 Å². The Morgan fingerprint density at radius 2 is 2.19 bits per heavy atom. The highest BCUT2D eigenvalue weighted by atomic mass is 32.2. The number of halogens is 1. The van der Waals surface area contributed by atoms with E-state index in [4.69, 9.17) is 4.74 Å². The smallest absolute Gasteiger partial charge is 0.251 e. The Morgan fingerprint density at radius 1 is 1.35 bits per heavy atom. The third kappa shape index (κ3) is 4.74. The molecule has 0 radical (unpaired) electrons. The maximum absolute atomic E-state index is 13.1. The van der Waals surface area contributed by atoms with Gasteiger partial charge in [0, 0.05) is 23.1 Å². The SMILES string of the molecule is O=C1CSc2ccc(C(=O)NC[C@H](O)COc3cccc(F)c3)cc2N1. The number of hydrogen-bond donors (Lipinski definition) is 3. The van der Waals surface area contributed by atoms with Gasteiger partial charge in [0.2, 0.25) is 5.91 Å². The zero-order chi connectivity index (χ0) is 18.5. The van der Waals surface area contributed by atoms with Gasteiger partial charge < -0.3 is 20.5 Å². The molecule has 0 aromatic heterocycles. The predicted molar refractivity (Wildman–Crippen MR) is 96.0 cm³/mol. The van der Waals surface area contributed by atoms with E-state index in [2.05, 4.69) is 10.6 Å². The monoisotopic (exact) mass is 376 g/mol. The lowest BCUT2D eigenvalue weighted by Gasteiger charge is -2.17. The average Bonchev–Trinajstić information content (AvgIpc) is 2.63. The standard InChI is InChI=1S/C18H17FN2O4S/c19-12-2-1-3-14(7-12)25-9-13(22)8-20-18(24)11-4-5-16-15(6-11)21-17(23)10-26-16/h1-7,13,22H,8-10H2,(H,20,24)(H,21,23)/t13-/m0/s1. The summed E-state index contributed by atoms with van der Waals surface area (Å²) < 4.78 is 18.3. The Bertz CT molecular complexity index is 831. The molecule has 8 heteroatoms. The van der Waals surface area contributed by atoms with Crippen LogP contribution in [0, 0.1) is 5.82 Å². The second-order valence-electron chi connectivity index (χ2n) is 5.68. The molecule has 0 saturated heterocycles. The molecule has 0 bridgehead atoms. The molecule has 6 nitrogen and oxygen atoms in total. The maximum atomic E-state index is 13.1. The molecule has 3 rings (SSSR count). The van der Waals surface area contributed by atoms with Gasteiger partial charge >= 0.3 is 0 Å². The normalized spacial score (nSPS) is 14.2. The summed E-state index contributed by atoms with van der Waals surface area (Å²) in [5, 5.41) is 15.2. The first-order valence-electron chi connectivity index (χ1n) is 7.92. The molecule has 1 heterocycles. The Kier molecular flexibility index (Phi) is 5.75. The van der Waals surface area contributed by atoms with Crippen LogP contribution in [0.3, 0.4) is 0 Å². The highest BCUT2D eigenvalue weighted by Crippen LogP contribution is 2.31. The van der Waals surface area contributed by atoms with Gasteiger partial charge in [-0.3, -0.25) is 9.59 Å². The van der Waals surface area contributed by atoms with Crippen molar-refractivity contribution in [2.75, 3.05) is 24.2 Å². The van der Waals surface area contributed by atoms with E-state index in [0.717, 1.165) is 4.90 Å². The van der Waals surface area contributed by atoms with E-state index in [0.29, 0.717) is 22.8 Å². The highest BCUT2D eigenvalue weighted by molar-refractivity contribution is 8.00. The fraction of sp³-hybridized carbons (Fsp3) is 0.222. The summed E-state index contributed by atoms with van der Waals surface area (Å²) >= 11 is 1.41. The number of benzene rings is 2. The van der Waals surface area contributed by atoms with Gasteiger partial charge in [-0.2, -0.15) is 0 Å². The second kappa shape index (κ2) is 8.20. The van der Waals surface area contributed by atoms with Gasteiger partial charge in [0.05, 0.1) is 11.4 Å². The van der Waals surface area contributed by atoms with Gasteiger partial charge in [-0.15, -0.1) is 11.8 Å². The zero-order valence-electron chi connectivity index (χ0n) is 13.7. The zero-order valence-corrected chi connectivity index (χ0v) is 14.5. The van der Waals surface area contributed by atoms with Crippen molar-refractivity contribution in [3.63, 3.8) is 0 Å². The van der Waals surface area contributed by atoms with Crippen molar-refractivity contribution in [2.45, 2.75) is 11.0 Å². The van der Waals surface area contributed by atoms with E-state index in [1.165, 1.54) is 30.0 Å². The Morgan fingerprint density at radius 3 is 3.00 bits per heavy atom. The van der Waals surface area contributed by atoms with Crippen molar-refractivity contribution >= 4 is 29.3 Å². The fourth-order valence-electron chi connectivity index (χ4n) is 2.35. The minimum Gasteiger partial charge on any atom is -0.491 e. The molecule has 0 fully saturated rings. The first-order chi connectivity index (χ1) is 12.5. The molecule has 1 aliphatic rings. The van der Waals surface area contributed by atoms with Crippen LogP contribution in [-0.2, 0) is 4.79 Å². The number of ether oxygens (including phenoxy) is 1. The summed E-state index contributed by atoms with van der Waals surface area (Å²) in [5.41, 5.74) is 0.985. The van der Waals surface area contributed by atoms with Gasteiger partial charge in [-0.05, 0) is 30.3 Å². The van der Waals surface area contributed by atoms with Gasteiger partial charge in [0.15, 0.2) is 0 Å². The van der Waals surface area contributed by atoms with Crippen molar-refractivity contribution in [3.8, 4) is 5.75 Å². The highest BCUT2D eigenvalue weighted by Gasteiger charge is 2.17. The van der Waals surface area contributed by atoms with E-state index >= 15 is 0 Å². The van der Waals surface area contributed by atoms with Crippen molar-refractivity contribution in [1.29, 1.82) is 0 Å². The third-order valence-electron chi connectivity index (χ3n) is 3.61. The van der Waals surface area contributed by atoms with E-state index in [1.807, 2.05) is 0 Å². The molecule has 2 aromatic rings. The van der Waals surface area contributed by atoms with Crippen molar-refractivity contribution in [3.05, 3.63) is 53.8 Å². The minimum atomic E-state index is -0.949. The second-order valence-corrected chi connectivity index (χ2v) is 6.70. The number of aliphatic hydroxyl groups excluding tert-OH is 1. The fourth-order valence-corrected chi connectivity index (χ4v) is 3.13. The number of hydrogen-bond acceptors (Lipinski definition) is 5. The van der Waals surface area contributed by atoms with Crippen LogP contribution in [0.15, 0.2) is 47.4 Å². The number of anilines is 1. The number of thioether (sulfide) groups is 1. The summed E-state index contributed by atoms with van der Waals surface area (Å²) in [4.78, 5) is 24.5. The summed E-state index contributed by atoms with van der Waals surface area (Å²) in [6.45, 7) is -0.104. The van der Waals surface area contributed by atoms with Crippen LogP contribution < -0.4 is 15.4 Å². The summed E-state index contributed by atoms with van der Waals surface area (Å²) in [7, 11) is 0. The lowest BCUT2D eigenvalue weighted by molar-refractivity contribution is -0.113. The molecule has 136 valence electrons. The number of carbonyl (C=O) groups is 2. The molecule has 0 spiro atoms. The van der Waals surface area contributed by atoms with Gasteiger partial charge in [0.25, 0.3) is 5.91 Å². The van der Waals surface area contributed by atoms with Crippen LogP contribution in [0.5, 0.6) is 5.75 Å². The number of aliphatic hydroxyl groups is 1. The molecule has 0 saturated carbocycles. The molecule has 1 atom stereocenters. The van der Waals surface area contributed by atoms with Crippen molar-refractivity contribution in [1.82, 2.24) is 5.32 Å². The summed E-state index contributed by atoms with van der Waals surface area (Å²) in [5.74, 6) is -0.246. The third-order valence-corrected chi connectivity index (χ3v) is 4.68. The van der Waals surface area contributed by atoms with Crippen LogP contribution in [0.4, 0.5) is 10.1 Å². The quantitative estimate of drug-likeness (QED) is 0.718. The predicted octanol–water partition coefficient (Wildman–Crippen LogP) is 2.04. The van der Waals surface area contributed by atoms with E-state index in [9.17, 15) is 19.1 Å². The molecule has 3 N–H and O–H groups in total. The average molecular weight is 376 g/mol. The molecule has 0 aliphatic carbocycles. The molecule has 1 aliphatic heterocycles. The lowest BCUT2D eigenvalue weighted by atomic mass is 10.1. The molecule has 2 aromatic carbocycles. The summed E-state index contributed by atoms with van der Waals surface area (Å²) in [6, 6.07) is 10.6. The van der Waals surface area contributed by atoms with E-state index < -0.39 is 11.9 Å². The van der Waals surface area contributed by atoms with Crippen LogP contribution in [-0.4, -0.2) is 41.9 Å². The number of nitrogens with one attached hydrogen (secondary N) is 2. The molecule has 0 unspecified atom stereocenters. The molecular weight excluding hydrogens is 359 g/mol. The topological polar surface area (TPSA) is 87.7 Å². The van der Waals surface area contributed by atoms with Crippen molar-refractivity contribution in [2.24, 2.45) is 0 Å². The van der Waals surface area contributed by atoms with Gasteiger partial charge in [0.1, 0.15) is 24.3 Å². The molecular formula is C18H17FN2O4S. The van der Waals surface area contributed by atoms with Crippen LogP contribution in [0.2, 0.25) is 0 Å². The van der Waals surface area contributed by atoms with Gasteiger partial charge in [-0.1, -0.05) is 6.07 Å². The van der Waals surface area contributed by atoms with E-state index in [1.54, 1.807) is 24.3 Å². The lowest BCUT2D eigenvalue weighted by Crippen LogP contribution is -2.35. The summed E-state index contributed by atoms with van der Waals surface area (Å²) in [6.07, 6.45) is -0.949. The number of fused-ring (bicyclic) bond motifs is 1. The van der Waals surface area contributed by atoms with Crippen LogP contribution in [0.25, 0.3) is 0 Å². The Hall–Kier alpha value is -2.58. The largest absolute Gasteiger partial charge is 0.491 e. The van der Waals surface area contributed by atoms with E-state index in [-0.39, 0.29) is 25.0 Å². The first-order valence-corrected chi connectivity index (χ1v) is 8.91. The van der Waals surface area contributed by atoms with Crippen LogP contribution in [0.1, 0.15) is 10.4 Å². The molecule has 26 heavy (non-hydrogen) atoms. The number of amides is 2. The van der Waals surface area contributed by atoms with Gasteiger partial charge in [-0.25, -0.2) is 4.39 Å². The first kappa shape index (κ1) is 18.2. The molecule has 2 amide bonds. The van der Waals surface area contributed by atoms with Crippen molar-refractivity contribution < 1.29 is 23.8 Å². The van der Waals surface area contributed by atoms with Crippen LogP contribution >= 0.6 is 11.8 Å².